The summed E-state index contributed by atoms with van der Waals surface area (Å²) < 4.78 is 2.39. The third kappa shape index (κ3) is 4.71. The standard InChI is InChI=1S/C52H33N/c1-3-12-34(13-4-1)37-24-28-42-43-29-25-38(35-14-5-2-6-15-35)31-48(43)50-33-46-39(32-49(50)47(42)30-37)16-11-19-41(46)36-22-26-40(27-23-36)53-51-20-9-7-17-44(51)45-18-8-10-21-52(45)53/h1-33H. The minimum atomic E-state index is 1.16. The molecule has 1 aromatic heterocycles. The average Bonchev–Trinajstić information content (AvgIpc) is 3.58. The summed E-state index contributed by atoms with van der Waals surface area (Å²) in [6.45, 7) is 0. The van der Waals surface area contributed by atoms with Gasteiger partial charge in [0.2, 0.25) is 0 Å². The van der Waals surface area contributed by atoms with Gasteiger partial charge in [0.15, 0.2) is 0 Å². The van der Waals surface area contributed by atoms with Crippen LogP contribution >= 0.6 is 0 Å². The number of aromatic nitrogens is 1. The number of para-hydroxylation sites is 2. The molecule has 11 rings (SSSR count). The van der Waals surface area contributed by atoms with Gasteiger partial charge in [-0.25, -0.2) is 0 Å². The van der Waals surface area contributed by atoms with Crippen LogP contribution in [-0.4, -0.2) is 4.57 Å². The lowest BCUT2D eigenvalue weighted by molar-refractivity contribution is 1.18. The highest BCUT2D eigenvalue weighted by atomic mass is 15.0. The maximum atomic E-state index is 2.45. The number of hydrogen-bond donors (Lipinski definition) is 0. The lowest BCUT2D eigenvalue weighted by Crippen LogP contribution is -1.93. The molecule has 0 atom stereocenters. The molecule has 0 saturated heterocycles. The van der Waals surface area contributed by atoms with Crippen molar-refractivity contribution in [2.45, 2.75) is 0 Å². The molecule has 0 bridgehead atoms. The van der Waals surface area contributed by atoms with Crippen LogP contribution < -0.4 is 0 Å². The summed E-state index contributed by atoms with van der Waals surface area (Å²) in [4.78, 5) is 0. The zero-order valence-electron chi connectivity index (χ0n) is 29.0. The van der Waals surface area contributed by atoms with Crippen LogP contribution in [0.4, 0.5) is 0 Å². The molecule has 0 amide bonds. The van der Waals surface area contributed by atoms with E-state index in [0.29, 0.717) is 0 Å². The summed E-state index contributed by atoms with van der Waals surface area (Å²) in [5.41, 5.74) is 11.0. The minimum absolute atomic E-state index is 1.16. The first-order valence-corrected chi connectivity index (χ1v) is 18.3. The molecule has 0 fully saturated rings. The van der Waals surface area contributed by atoms with E-state index in [-0.39, 0.29) is 0 Å². The molecule has 1 heterocycles. The maximum Gasteiger partial charge on any atom is 0.0541 e. The van der Waals surface area contributed by atoms with Crippen molar-refractivity contribution in [3.63, 3.8) is 0 Å². The molecule has 0 saturated carbocycles. The van der Waals surface area contributed by atoms with Gasteiger partial charge in [-0.15, -0.1) is 0 Å². The van der Waals surface area contributed by atoms with Crippen LogP contribution in [0, 0.1) is 0 Å². The highest BCUT2D eigenvalue weighted by molar-refractivity contribution is 6.28. The Morgan fingerprint density at radius 2 is 0.736 bits per heavy atom. The fraction of sp³-hybridized carbons (Fsp3) is 0. The Labute approximate surface area is 307 Å². The smallest absolute Gasteiger partial charge is 0.0541 e. The Morgan fingerprint density at radius 1 is 0.245 bits per heavy atom. The van der Waals surface area contributed by atoms with Crippen LogP contribution in [0.3, 0.4) is 0 Å². The summed E-state index contributed by atoms with van der Waals surface area (Å²) >= 11 is 0. The first kappa shape index (κ1) is 29.7. The van der Waals surface area contributed by atoms with Crippen molar-refractivity contribution < 1.29 is 0 Å². The number of hydrogen-bond acceptors (Lipinski definition) is 0. The largest absolute Gasteiger partial charge is 0.309 e. The van der Waals surface area contributed by atoms with Gasteiger partial charge in [-0.3, -0.25) is 0 Å². The molecule has 11 aromatic rings. The van der Waals surface area contributed by atoms with Gasteiger partial charge < -0.3 is 4.57 Å². The van der Waals surface area contributed by atoms with E-state index in [4.69, 9.17) is 0 Å². The lowest BCUT2D eigenvalue weighted by atomic mass is 9.88. The van der Waals surface area contributed by atoms with Crippen molar-refractivity contribution in [3.05, 3.63) is 200 Å². The molecule has 0 spiro atoms. The molecule has 10 aromatic carbocycles. The Hall–Kier alpha value is -6.96. The number of fused-ring (bicyclic) bond motifs is 10. The zero-order valence-corrected chi connectivity index (χ0v) is 29.0. The molecule has 0 unspecified atom stereocenters. The summed E-state index contributed by atoms with van der Waals surface area (Å²) in [5.74, 6) is 0. The Kier molecular flexibility index (Phi) is 6.62. The van der Waals surface area contributed by atoms with Crippen molar-refractivity contribution in [3.8, 4) is 39.1 Å². The molecule has 0 aliphatic carbocycles. The molecule has 0 N–H and O–H groups in total. The Morgan fingerprint density at radius 3 is 1.32 bits per heavy atom. The summed E-state index contributed by atoms with van der Waals surface area (Å²) in [6, 6.07) is 73.6. The van der Waals surface area contributed by atoms with E-state index in [1.807, 2.05) is 0 Å². The third-order valence-corrected chi connectivity index (χ3v) is 11.2. The fourth-order valence-corrected chi connectivity index (χ4v) is 8.64. The zero-order chi connectivity index (χ0) is 34.9. The second-order valence-electron chi connectivity index (χ2n) is 14.1. The predicted molar refractivity (Wildman–Crippen MR) is 227 cm³/mol. The quantitative estimate of drug-likeness (QED) is 0.130. The van der Waals surface area contributed by atoms with E-state index in [1.165, 1.54) is 98.3 Å². The number of nitrogens with zero attached hydrogens (tertiary/aromatic N) is 1. The van der Waals surface area contributed by atoms with Crippen molar-refractivity contribution in [2.75, 3.05) is 0 Å². The molecule has 0 radical (unpaired) electrons. The van der Waals surface area contributed by atoms with Crippen LogP contribution in [0.15, 0.2) is 200 Å². The molecule has 1 heteroatoms. The maximum absolute atomic E-state index is 2.45. The van der Waals surface area contributed by atoms with E-state index in [2.05, 4.69) is 205 Å². The lowest BCUT2D eigenvalue weighted by Gasteiger charge is -2.16. The summed E-state index contributed by atoms with van der Waals surface area (Å²) in [7, 11) is 0. The van der Waals surface area contributed by atoms with Crippen LogP contribution in [-0.2, 0) is 0 Å². The molecule has 0 aliphatic heterocycles. The van der Waals surface area contributed by atoms with Gasteiger partial charge in [-0.1, -0.05) is 152 Å². The molecule has 246 valence electrons. The molecular formula is C52H33N. The van der Waals surface area contributed by atoms with Crippen LogP contribution in [0.25, 0.3) is 104 Å². The van der Waals surface area contributed by atoms with Gasteiger partial charge in [0.05, 0.1) is 11.0 Å². The average molecular weight is 672 g/mol. The van der Waals surface area contributed by atoms with E-state index in [0.717, 1.165) is 5.69 Å². The van der Waals surface area contributed by atoms with Gasteiger partial charge in [0.25, 0.3) is 0 Å². The van der Waals surface area contributed by atoms with Crippen molar-refractivity contribution in [2.24, 2.45) is 0 Å². The molecular weight excluding hydrogens is 639 g/mol. The SMILES string of the molecule is c1ccc(-c2ccc3c4ccc(-c5ccccc5)cc4c4cc5c(-c6ccc(-n7c8ccccc8c8ccccc87)cc6)cccc5cc4c3c2)cc1. The summed E-state index contributed by atoms with van der Waals surface area (Å²) in [6.07, 6.45) is 0. The van der Waals surface area contributed by atoms with Crippen molar-refractivity contribution in [1.29, 1.82) is 0 Å². The fourth-order valence-electron chi connectivity index (χ4n) is 8.64. The van der Waals surface area contributed by atoms with Gasteiger partial charge in [0.1, 0.15) is 0 Å². The second-order valence-corrected chi connectivity index (χ2v) is 14.1. The highest BCUT2D eigenvalue weighted by Gasteiger charge is 2.16. The monoisotopic (exact) mass is 671 g/mol. The summed E-state index contributed by atoms with van der Waals surface area (Å²) in [5, 5.41) is 12.7. The van der Waals surface area contributed by atoms with Gasteiger partial charge in [-0.2, -0.15) is 0 Å². The van der Waals surface area contributed by atoms with Gasteiger partial charge in [0, 0.05) is 16.5 Å². The highest BCUT2D eigenvalue weighted by Crippen LogP contribution is 2.42. The Balaban J connectivity index is 1.14. The van der Waals surface area contributed by atoms with E-state index >= 15 is 0 Å². The molecule has 0 aliphatic rings. The van der Waals surface area contributed by atoms with E-state index in [1.54, 1.807) is 0 Å². The predicted octanol–water partition coefficient (Wildman–Crippen LogP) is 14.4. The third-order valence-electron chi connectivity index (χ3n) is 11.2. The normalized spacial score (nSPS) is 11.8. The van der Waals surface area contributed by atoms with Crippen molar-refractivity contribution in [1.82, 2.24) is 4.57 Å². The molecule has 53 heavy (non-hydrogen) atoms. The van der Waals surface area contributed by atoms with Crippen LogP contribution in [0.2, 0.25) is 0 Å². The molecule has 1 nitrogen and oxygen atoms in total. The Bertz CT molecular complexity index is 3140. The first-order chi connectivity index (χ1) is 26.3. The number of benzene rings is 10. The van der Waals surface area contributed by atoms with Crippen molar-refractivity contribution >= 4 is 64.9 Å². The van der Waals surface area contributed by atoms with Crippen LogP contribution in [0.5, 0.6) is 0 Å². The van der Waals surface area contributed by atoms with Crippen LogP contribution in [0.1, 0.15) is 0 Å². The number of rotatable bonds is 4. The first-order valence-electron chi connectivity index (χ1n) is 18.3. The van der Waals surface area contributed by atoms with Gasteiger partial charge >= 0.3 is 0 Å². The van der Waals surface area contributed by atoms with Gasteiger partial charge in [-0.05, 0) is 125 Å². The van der Waals surface area contributed by atoms with E-state index in [9.17, 15) is 0 Å². The van der Waals surface area contributed by atoms with E-state index < -0.39 is 0 Å². The minimum Gasteiger partial charge on any atom is -0.309 e. The second kappa shape index (κ2) is 11.8. The topological polar surface area (TPSA) is 4.93 Å².